The normalized spacial score (nSPS) is 11.8. The van der Waals surface area contributed by atoms with E-state index in [1.807, 2.05) is 44.4 Å². The molecule has 138 valence electrons. The molecule has 26 heavy (non-hydrogen) atoms. The fraction of sp³-hybridized carbons (Fsp3) is 0.316. The zero-order valence-corrected chi connectivity index (χ0v) is 16.7. The minimum Gasteiger partial charge on any atom is -0.356 e. The van der Waals surface area contributed by atoms with E-state index in [0.29, 0.717) is 35.6 Å². The Morgan fingerprint density at radius 3 is 2.62 bits per heavy atom. The fourth-order valence-electron chi connectivity index (χ4n) is 2.79. The Morgan fingerprint density at radius 1 is 1.19 bits per heavy atom. The van der Waals surface area contributed by atoms with Gasteiger partial charge >= 0.3 is 0 Å². The van der Waals surface area contributed by atoms with E-state index in [-0.39, 0.29) is 0 Å². The molecule has 0 amide bonds. The summed E-state index contributed by atoms with van der Waals surface area (Å²) in [5.41, 5.74) is 3.45. The van der Waals surface area contributed by atoms with Crippen LogP contribution in [-0.4, -0.2) is 20.1 Å². The highest BCUT2D eigenvalue weighted by Crippen LogP contribution is 2.26. The van der Waals surface area contributed by atoms with E-state index in [2.05, 4.69) is 9.88 Å². The highest BCUT2D eigenvalue weighted by atomic mass is 32.2. The van der Waals surface area contributed by atoms with Crippen LogP contribution in [0.25, 0.3) is 11.3 Å². The predicted octanol–water partition coefficient (Wildman–Crippen LogP) is 4.10. The van der Waals surface area contributed by atoms with E-state index in [4.69, 9.17) is 4.52 Å². The van der Waals surface area contributed by atoms with Gasteiger partial charge in [-0.2, -0.15) is 0 Å². The summed E-state index contributed by atoms with van der Waals surface area (Å²) in [7, 11) is -3.60. The first-order chi connectivity index (χ1) is 12.4. The third-order valence-corrected chi connectivity index (χ3v) is 6.89. The quantitative estimate of drug-likeness (QED) is 0.659. The lowest BCUT2D eigenvalue weighted by atomic mass is 10.1. The predicted molar refractivity (Wildman–Crippen MR) is 104 cm³/mol. The van der Waals surface area contributed by atoms with Crippen molar-refractivity contribution in [2.45, 2.75) is 38.5 Å². The first-order valence-corrected chi connectivity index (χ1v) is 10.9. The molecule has 1 aromatic carbocycles. The van der Waals surface area contributed by atoms with Gasteiger partial charge in [0, 0.05) is 23.1 Å². The van der Waals surface area contributed by atoms with Crippen LogP contribution in [0.4, 0.5) is 0 Å². The van der Waals surface area contributed by atoms with Crippen molar-refractivity contribution in [3.63, 3.8) is 0 Å². The van der Waals surface area contributed by atoms with Gasteiger partial charge in [-0.25, -0.2) is 13.1 Å². The zero-order valence-electron chi connectivity index (χ0n) is 15.1. The Morgan fingerprint density at radius 2 is 2.00 bits per heavy atom. The number of thiophene rings is 1. The number of nitrogens with one attached hydrogen (secondary N) is 1. The van der Waals surface area contributed by atoms with Gasteiger partial charge in [0.15, 0.2) is 5.76 Å². The lowest BCUT2D eigenvalue weighted by molar-refractivity contribution is 0.427. The topological polar surface area (TPSA) is 72.2 Å². The van der Waals surface area contributed by atoms with Gasteiger partial charge in [-0.05, 0) is 55.3 Å². The molecule has 2 aromatic heterocycles. The summed E-state index contributed by atoms with van der Waals surface area (Å²) >= 11 is 1.65. The van der Waals surface area contributed by atoms with E-state index < -0.39 is 10.0 Å². The lowest BCUT2D eigenvalue weighted by Gasteiger charge is -2.12. The van der Waals surface area contributed by atoms with Gasteiger partial charge in [-0.15, -0.1) is 11.3 Å². The Balaban J connectivity index is 1.84. The molecule has 1 N–H and O–H groups in total. The Bertz CT molecular complexity index is 1000. The molecule has 2 heterocycles. The molecule has 7 heteroatoms. The molecule has 0 unspecified atom stereocenters. The minimum absolute atomic E-state index is 0.300. The molecule has 3 aromatic rings. The van der Waals surface area contributed by atoms with Gasteiger partial charge < -0.3 is 4.52 Å². The van der Waals surface area contributed by atoms with Gasteiger partial charge in [-0.3, -0.25) is 0 Å². The average Bonchev–Trinajstić information content (AvgIpc) is 3.23. The first-order valence-electron chi connectivity index (χ1n) is 8.50. The summed E-state index contributed by atoms with van der Waals surface area (Å²) in [4.78, 5) is 1.50. The van der Waals surface area contributed by atoms with Crippen molar-refractivity contribution >= 4 is 21.4 Å². The zero-order chi connectivity index (χ0) is 18.7. The van der Waals surface area contributed by atoms with Crippen molar-refractivity contribution in [1.29, 1.82) is 0 Å². The third kappa shape index (κ3) is 4.06. The molecule has 0 aliphatic carbocycles. The standard InChI is InChI=1S/C19H22N2O3S2/c1-4-15-5-6-16(17-11-14(3)21-24-17)12-19(15)26(22,23)20-9-7-18-13(2)8-10-25-18/h5-6,8,10-12,20H,4,7,9H2,1-3H3. The van der Waals surface area contributed by atoms with Crippen LogP contribution >= 0.6 is 11.3 Å². The first kappa shape index (κ1) is 18.8. The molecular weight excluding hydrogens is 368 g/mol. The maximum atomic E-state index is 12.9. The van der Waals surface area contributed by atoms with Crippen LogP contribution in [0.15, 0.2) is 45.1 Å². The molecule has 0 aliphatic rings. The molecule has 0 saturated heterocycles. The molecule has 0 spiro atoms. The smallest absolute Gasteiger partial charge is 0.240 e. The third-order valence-electron chi connectivity index (χ3n) is 4.26. The average molecular weight is 391 g/mol. The SMILES string of the molecule is CCc1ccc(-c2cc(C)no2)cc1S(=O)(=O)NCCc1sccc1C. The number of aryl methyl sites for hydroxylation is 3. The van der Waals surface area contributed by atoms with Gasteiger partial charge in [-0.1, -0.05) is 24.2 Å². The van der Waals surface area contributed by atoms with Crippen molar-refractivity contribution in [3.8, 4) is 11.3 Å². The second kappa shape index (κ2) is 7.73. The molecule has 0 fully saturated rings. The number of sulfonamides is 1. The fourth-order valence-corrected chi connectivity index (χ4v) is 5.06. The second-order valence-electron chi connectivity index (χ2n) is 6.18. The van der Waals surface area contributed by atoms with Crippen molar-refractivity contribution in [2.24, 2.45) is 0 Å². The number of hydrogen-bond donors (Lipinski definition) is 1. The monoisotopic (exact) mass is 390 g/mol. The van der Waals surface area contributed by atoms with Gasteiger partial charge in [0.05, 0.1) is 10.6 Å². The van der Waals surface area contributed by atoms with Crippen molar-refractivity contribution in [2.75, 3.05) is 6.54 Å². The summed E-state index contributed by atoms with van der Waals surface area (Å²) in [5, 5.41) is 5.90. The Hall–Kier alpha value is -1.96. The minimum atomic E-state index is -3.60. The molecular formula is C19H22N2O3S2. The van der Waals surface area contributed by atoms with E-state index in [0.717, 1.165) is 11.3 Å². The molecule has 0 radical (unpaired) electrons. The maximum absolute atomic E-state index is 12.9. The summed E-state index contributed by atoms with van der Waals surface area (Å²) < 4.78 is 33.7. The molecule has 0 aliphatic heterocycles. The number of nitrogens with zero attached hydrogens (tertiary/aromatic N) is 1. The van der Waals surface area contributed by atoms with Gasteiger partial charge in [0.1, 0.15) is 0 Å². The molecule has 3 rings (SSSR count). The summed E-state index contributed by atoms with van der Waals surface area (Å²) in [6, 6.07) is 9.21. The van der Waals surface area contributed by atoms with E-state index in [9.17, 15) is 8.42 Å². The lowest BCUT2D eigenvalue weighted by Crippen LogP contribution is -2.27. The van der Waals surface area contributed by atoms with E-state index in [1.165, 1.54) is 10.4 Å². The van der Waals surface area contributed by atoms with Crippen LogP contribution < -0.4 is 4.72 Å². The molecule has 0 bridgehead atoms. The van der Waals surface area contributed by atoms with E-state index >= 15 is 0 Å². The number of rotatable bonds is 7. The van der Waals surface area contributed by atoms with Crippen LogP contribution in [0.3, 0.4) is 0 Å². The molecule has 0 saturated carbocycles. The summed E-state index contributed by atoms with van der Waals surface area (Å²) in [6.45, 7) is 6.19. The largest absolute Gasteiger partial charge is 0.356 e. The summed E-state index contributed by atoms with van der Waals surface area (Å²) in [5.74, 6) is 0.566. The maximum Gasteiger partial charge on any atom is 0.240 e. The van der Waals surface area contributed by atoms with Crippen LogP contribution in [0.1, 0.15) is 28.6 Å². The van der Waals surface area contributed by atoms with Crippen molar-refractivity contribution < 1.29 is 12.9 Å². The van der Waals surface area contributed by atoms with Crippen molar-refractivity contribution in [1.82, 2.24) is 9.88 Å². The van der Waals surface area contributed by atoms with Crippen LogP contribution in [0.2, 0.25) is 0 Å². The van der Waals surface area contributed by atoms with Crippen LogP contribution in [-0.2, 0) is 22.9 Å². The van der Waals surface area contributed by atoms with Gasteiger partial charge in [0.25, 0.3) is 0 Å². The highest BCUT2D eigenvalue weighted by Gasteiger charge is 2.19. The van der Waals surface area contributed by atoms with Crippen molar-refractivity contribution in [3.05, 3.63) is 57.4 Å². The Kier molecular flexibility index (Phi) is 5.60. The number of hydrogen-bond acceptors (Lipinski definition) is 5. The Labute approximate surface area is 158 Å². The van der Waals surface area contributed by atoms with Crippen LogP contribution in [0.5, 0.6) is 0 Å². The number of aromatic nitrogens is 1. The number of benzene rings is 1. The van der Waals surface area contributed by atoms with E-state index in [1.54, 1.807) is 23.5 Å². The molecule has 0 atom stereocenters. The van der Waals surface area contributed by atoms with Gasteiger partial charge in [0.2, 0.25) is 10.0 Å². The molecule has 5 nitrogen and oxygen atoms in total. The summed E-state index contributed by atoms with van der Waals surface area (Å²) in [6.07, 6.45) is 1.32. The second-order valence-corrected chi connectivity index (χ2v) is 8.92. The van der Waals surface area contributed by atoms with Crippen LogP contribution in [0, 0.1) is 13.8 Å². The highest BCUT2D eigenvalue weighted by molar-refractivity contribution is 7.89.